The van der Waals surface area contributed by atoms with E-state index in [4.69, 9.17) is 9.15 Å². The Balaban J connectivity index is 1.59. The lowest BCUT2D eigenvalue weighted by atomic mass is 10.2. The number of sulfonamides is 1. The minimum Gasteiger partial charge on any atom is -0.497 e. The number of anilines is 1. The summed E-state index contributed by atoms with van der Waals surface area (Å²) in [4.78, 5) is 12.0. The Labute approximate surface area is 169 Å². The van der Waals surface area contributed by atoms with Crippen LogP contribution in [-0.4, -0.2) is 21.4 Å². The summed E-state index contributed by atoms with van der Waals surface area (Å²) in [5, 5.41) is 2.69. The molecule has 150 valence electrons. The third-order valence-corrected chi connectivity index (χ3v) is 5.37. The average Bonchev–Trinajstić information content (AvgIpc) is 3.25. The van der Waals surface area contributed by atoms with Crippen molar-refractivity contribution in [2.24, 2.45) is 0 Å². The number of nitrogens with one attached hydrogen (secondary N) is 2. The maximum atomic E-state index is 12.5. The summed E-state index contributed by atoms with van der Waals surface area (Å²) in [6.45, 7) is 0.296. The number of hydrogen-bond donors (Lipinski definition) is 2. The fraction of sp³-hybridized carbons (Fsp3) is 0.0952. The minimum atomic E-state index is -3.72. The lowest BCUT2D eigenvalue weighted by Gasteiger charge is -2.09. The van der Waals surface area contributed by atoms with E-state index in [1.807, 2.05) is 0 Å². The number of benzene rings is 2. The van der Waals surface area contributed by atoms with Gasteiger partial charge in [0.25, 0.3) is 10.0 Å². The van der Waals surface area contributed by atoms with Gasteiger partial charge < -0.3 is 14.5 Å². The summed E-state index contributed by atoms with van der Waals surface area (Å²) in [6, 6.07) is 16.3. The second kappa shape index (κ2) is 9.11. The van der Waals surface area contributed by atoms with Gasteiger partial charge in [-0.05, 0) is 60.2 Å². The molecular weight excluding hydrogens is 392 g/mol. The second-order valence-electron chi connectivity index (χ2n) is 6.03. The summed E-state index contributed by atoms with van der Waals surface area (Å²) in [6.07, 6.45) is 4.52. The van der Waals surface area contributed by atoms with Gasteiger partial charge in [-0.1, -0.05) is 12.1 Å². The smallest absolute Gasteiger partial charge is 0.261 e. The van der Waals surface area contributed by atoms with Crippen molar-refractivity contribution in [2.75, 3.05) is 11.8 Å². The molecule has 0 spiro atoms. The van der Waals surface area contributed by atoms with Crippen molar-refractivity contribution in [1.29, 1.82) is 0 Å². The van der Waals surface area contributed by atoms with Crippen molar-refractivity contribution >= 4 is 27.7 Å². The highest BCUT2D eigenvalue weighted by Gasteiger charge is 2.13. The van der Waals surface area contributed by atoms with Gasteiger partial charge in [0.05, 0.1) is 24.8 Å². The maximum Gasteiger partial charge on any atom is 0.261 e. The third kappa shape index (κ3) is 5.73. The van der Waals surface area contributed by atoms with Crippen LogP contribution in [0.5, 0.6) is 5.75 Å². The van der Waals surface area contributed by atoms with E-state index in [1.54, 1.807) is 54.6 Å². The van der Waals surface area contributed by atoms with E-state index in [-0.39, 0.29) is 10.8 Å². The predicted octanol–water partition coefficient (Wildman–Crippen LogP) is 3.42. The molecule has 0 aliphatic carbocycles. The van der Waals surface area contributed by atoms with E-state index in [9.17, 15) is 13.2 Å². The molecule has 2 N–H and O–H groups in total. The summed E-state index contributed by atoms with van der Waals surface area (Å²) < 4.78 is 37.7. The first-order chi connectivity index (χ1) is 14.0. The number of rotatable bonds is 8. The number of methoxy groups -OCH3 is 1. The maximum absolute atomic E-state index is 12.5. The van der Waals surface area contributed by atoms with Crippen LogP contribution in [0, 0.1) is 0 Å². The monoisotopic (exact) mass is 412 g/mol. The van der Waals surface area contributed by atoms with Gasteiger partial charge in [0.2, 0.25) is 5.91 Å². The van der Waals surface area contributed by atoms with E-state index in [0.29, 0.717) is 29.3 Å². The van der Waals surface area contributed by atoms with Gasteiger partial charge in [-0.2, -0.15) is 0 Å². The van der Waals surface area contributed by atoms with E-state index in [2.05, 4.69) is 10.0 Å². The highest BCUT2D eigenvalue weighted by Crippen LogP contribution is 2.19. The van der Waals surface area contributed by atoms with Crippen LogP contribution < -0.4 is 14.8 Å². The van der Waals surface area contributed by atoms with Crippen molar-refractivity contribution in [1.82, 2.24) is 5.32 Å². The molecule has 0 saturated heterocycles. The summed E-state index contributed by atoms with van der Waals surface area (Å²) in [7, 11) is -2.18. The lowest BCUT2D eigenvalue weighted by molar-refractivity contribution is -0.116. The van der Waals surface area contributed by atoms with Gasteiger partial charge in [0.1, 0.15) is 11.5 Å². The van der Waals surface area contributed by atoms with Crippen LogP contribution in [0.4, 0.5) is 5.69 Å². The number of amides is 1. The molecule has 0 saturated carbocycles. The Morgan fingerprint density at radius 2 is 1.79 bits per heavy atom. The molecule has 3 aromatic rings. The molecule has 8 heteroatoms. The lowest BCUT2D eigenvalue weighted by Crippen LogP contribution is -2.19. The van der Waals surface area contributed by atoms with E-state index < -0.39 is 10.0 Å². The molecule has 1 aromatic heterocycles. The molecule has 7 nitrogen and oxygen atoms in total. The Bertz CT molecular complexity index is 1070. The molecule has 0 fully saturated rings. The molecule has 2 aromatic carbocycles. The Hall–Kier alpha value is -3.52. The fourth-order valence-corrected chi connectivity index (χ4v) is 3.51. The standard InChI is InChI=1S/C21H20N2O5S/c1-27-18-9-7-17(8-10-18)23-29(25,26)20-11-4-16(5-12-20)6-13-21(24)22-15-19-3-2-14-28-19/h2-14,23H,15H2,1H3,(H,22,24)/b13-6+. The van der Waals surface area contributed by atoms with Gasteiger partial charge in [0.15, 0.2) is 0 Å². The van der Waals surface area contributed by atoms with Crippen LogP contribution in [-0.2, 0) is 21.4 Å². The zero-order valence-corrected chi connectivity index (χ0v) is 16.5. The number of carbonyl (C=O) groups is 1. The van der Waals surface area contributed by atoms with Crippen molar-refractivity contribution in [2.45, 2.75) is 11.4 Å². The zero-order chi connectivity index (χ0) is 20.7. The average molecular weight is 412 g/mol. The molecule has 0 bridgehead atoms. The van der Waals surface area contributed by atoms with E-state index >= 15 is 0 Å². The van der Waals surface area contributed by atoms with Crippen molar-refractivity contribution < 1.29 is 22.4 Å². The second-order valence-corrected chi connectivity index (χ2v) is 7.72. The van der Waals surface area contributed by atoms with Crippen LogP contribution >= 0.6 is 0 Å². The first-order valence-electron chi connectivity index (χ1n) is 8.71. The summed E-state index contributed by atoms with van der Waals surface area (Å²) >= 11 is 0. The number of hydrogen-bond acceptors (Lipinski definition) is 5. The van der Waals surface area contributed by atoms with E-state index in [0.717, 1.165) is 0 Å². The SMILES string of the molecule is COc1ccc(NS(=O)(=O)c2ccc(/C=C/C(=O)NCc3ccco3)cc2)cc1. The predicted molar refractivity (Wildman–Crippen MR) is 110 cm³/mol. The molecule has 0 radical (unpaired) electrons. The van der Waals surface area contributed by atoms with E-state index in [1.165, 1.54) is 31.6 Å². The molecular formula is C21H20N2O5S. The zero-order valence-electron chi connectivity index (χ0n) is 15.7. The number of ether oxygens (including phenoxy) is 1. The molecule has 3 rings (SSSR count). The highest BCUT2D eigenvalue weighted by molar-refractivity contribution is 7.92. The normalized spacial score (nSPS) is 11.3. The molecule has 1 heterocycles. The highest BCUT2D eigenvalue weighted by atomic mass is 32.2. The Kier molecular flexibility index (Phi) is 6.36. The van der Waals surface area contributed by atoms with Crippen LogP contribution in [0.15, 0.2) is 82.3 Å². The van der Waals surface area contributed by atoms with Gasteiger partial charge in [-0.3, -0.25) is 9.52 Å². The van der Waals surface area contributed by atoms with Gasteiger partial charge in [0, 0.05) is 11.8 Å². The molecule has 0 aliphatic heterocycles. The van der Waals surface area contributed by atoms with Crippen LogP contribution in [0.2, 0.25) is 0 Å². The van der Waals surface area contributed by atoms with Crippen molar-refractivity contribution in [3.63, 3.8) is 0 Å². The quantitative estimate of drug-likeness (QED) is 0.553. The van der Waals surface area contributed by atoms with Crippen LogP contribution in [0.1, 0.15) is 11.3 Å². The molecule has 0 atom stereocenters. The third-order valence-electron chi connectivity index (χ3n) is 3.98. The minimum absolute atomic E-state index is 0.118. The topological polar surface area (TPSA) is 97.6 Å². The summed E-state index contributed by atoms with van der Waals surface area (Å²) in [5.74, 6) is 1.02. The van der Waals surface area contributed by atoms with Crippen molar-refractivity contribution in [3.8, 4) is 5.75 Å². The van der Waals surface area contributed by atoms with Crippen LogP contribution in [0.25, 0.3) is 6.08 Å². The molecule has 29 heavy (non-hydrogen) atoms. The van der Waals surface area contributed by atoms with Gasteiger partial charge in [-0.15, -0.1) is 0 Å². The van der Waals surface area contributed by atoms with Gasteiger partial charge in [-0.25, -0.2) is 8.42 Å². The van der Waals surface area contributed by atoms with Gasteiger partial charge >= 0.3 is 0 Å². The fourth-order valence-electron chi connectivity index (χ4n) is 2.45. The van der Waals surface area contributed by atoms with Crippen LogP contribution in [0.3, 0.4) is 0 Å². The Morgan fingerprint density at radius 3 is 2.41 bits per heavy atom. The number of furan rings is 1. The first-order valence-corrected chi connectivity index (χ1v) is 10.2. The first kappa shape index (κ1) is 20.2. The molecule has 1 amide bonds. The Morgan fingerprint density at radius 1 is 1.07 bits per heavy atom. The molecule has 0 aliphatic rings. The summed E-state index contributed by atoms with van der Waals surface area (Å²) in [5.41, 5.74) is 1.13. The van der Waals surface area contributed by atoms with Crippen molar-refractivity contribution in [3.05, 3.63) is 84.3 Å². The number of carbonyl (C=O) groups excluding carboxylic acids is 1. The molecule has 0 unspecified atom stereocenters. The largest absolute Gasteiger partial charge is 0.497 e.